The first kappa shape index (κ1) is 16.8. The summed E-state index contributed by atoms with van der Waals surface area (Å²) in [5.74, 6) is 0.870. The Morgan fingerprint density at radius 1 is 1.36 bits per heavy atom. The predicted octanol–water partition coefficient (Wildman–Crippen LogP) is 2.03. The SMILES string of the molecule is CCOCC(=O)N1CC[C@@](COc2ccccc2C)(OC)C1. The zero-order valence-corrected chi connectivity index (χ0v) is 13.6. The summed E-state index contributed by atoms with van der Waals surface area (Å²) >= 11 is 0. The lowest BCUT2D eigenvalue weighted by Gasteiger charge is -2.28. The van der Waals surface area contributed by atoms with Gasteiger partial charge in [0.25, 0.3) is 0 Å². The molecule has 1 aliphatic rings. The van der Waals surface area contributed by atoms with Crippen LogP contribution in [0.4, 0.5) is 0 Å². The summed E-state index contributed by atoms with van der Waals surface area (Å²) in [4.78, 5) is 13.8. The number of ether oxygens (including phenoxy) is 3. The second-order valence-corrected chi connectivity index (χ2v) is 5.64. The van der Waals surface area contributed by atoms with Gasteiger partial charge in [0.2, 0.25) is 5.91 Å². The smallest absolute Gasteiger partial charge is 0.248 e. The summed E-state index contributed by atoms with van der Waals surface area (Å²) in [6.45, 7) is 6.24. The number of carbonyl (C=O) groups is 1. The summed E-state index contributed by atoms with van der Waals surface area (Å²) in [6.07, 6.45) is 0.771. The van der Waals surface area contributed by atoms with E-state index >= 15 is 0 Å². The lowest BCUT2D eigenvalue weighted by Crippen LogP contribution is -2.43. The van der Waals surface area contributed by atoms with Gasteiger partial charge >= 0.3 is 0 Å². The topological polar surface area (TPSA) is 48.0 Å². The third kappa shape index (κ3) is 3.99. The minimum atomic E-state index is -0.440. The van der Waals surface area contributed by atoms with Crippen molar-refractivity contribution in [1.82, 2.24) is 4.90 Å². The van der Waals surface area contributed by atoms with Crippen molar-refractivity contribution >= 4 is 5.91 Å². The highest BCUT2D eigenvalue weighted by molar-refractivity contribution is 5.77. The van der Waals surface area contributed by atoms with Crippen molar-refractivity contribution in [2.24, 2.45) is 0 Å². The first-order valence-electron chi connectivity index (χ1n) is 7.69. The minimum absolute atomic E-state index is 0.0108. The highest BCUT2D eigenvalue weighted by Gasteiger charge is 2.41. The second-order valence-electron chi connectivity index (χ2n) is 5.64. The largest absolute Gasteiger partial charge is 0.490 e. The van der Waals surface area contributed by atoms with E-state index < -0.39 is 5.60 Å². The van der Waals surface area contributed by atoms with Crippen LogP contribution in [-0.2, 0) is 14.3 Å². The fraction of sp³-hybridized carbons (Fsp3) is 0.588. The molecule has 1 saturated heterocycles. The highest BCUT2D eigenvalue weighted by atomic mass is 16.5. The number of amides is 1. The first-order chi connectivity index (χ1) is 10.6. The minimum Gasteiger partial charge on any atom is -0.490 e. The number of likely N-dealkylation sites (tertiary alicyclic amines) is 1. The standard InChI is InChI=1S/C17H25NO4/c1-4-21-11-16(19)18-10-9-17(12-18,20-3)13-22-15-8-6-5-7-14(15)2/h5-8H,4,9-13H2,1-3H3/t17-/m1/s1. The van der Waals surface area contributed by atoms with Crippen molar-refractivity contribution in [2.45, 2.75) is 25.9 Å². The fourth-order valence-electron chi connectivity index (χ4n) is 2.61. The number of carbonyl (C=O) groups excluding carboxylic acids is 1. The van der Waals surface area contributed by atoms with E-state index in [0.717, 1.165) is 17.7 Å². The molecule has 122 valence electrons. The molecular formula is C17H25NO4. The summed E-state index contributed by atoms with van der Waals surface area (Å²) < 4.78 is 16.8. The van der Waals surface area contributed by atoms with Crippen molar-refractivity contribution in [3.63, 3.8) is 0 Å². The van der Waals surface area contributed by atoms with E-state index in [1.807, 2.05) is 38.1 Å². The van der Waals surface area contributed by atoms with Crippen molar-refractivity contribution < 1.29 is 19.0 Å². The van der Waals surface area contributed by atoms with E-state index in [1.54, 1.807) is 12.0 Å². The molecule has 1 heterocycles. The fourth-order valence-corrected chi connectivity index (χ4v) is 2.61. The Morgan fingerprint density at radius 3 is 2.82 bits per heavy atom. The maximum absolute atomic E-state index is 12.0. The van der Waals surface area contributed by atoms with Crippen LogP contribution in [0, 0.1) is 6.92 Å². The molecular weight excluding hydrogens is 282 g/mol. The number of hydrogen-bond acceptors (Lipinski definition) is 4. The van der Waals surface area contributed by atoms with Gasteiger partial charge in [0.1, 0.15) is 24.6 Å². The molecule has 0 spiro atoms. The molecule has 22 heavy (non-hydrogen) atoms. The predicted molar refractivity (Wildman–Crippen MR) is 84.1 cm³/mol. The zero-order valence-electron chi connectivity index (χ0n) is 13.6. The molecule has 0 radical (unpaired) electrons. The van der Waals surface area contributed by atoms with Crippen LogP contribution in [0.1, 0.15) is 18.9 Å². The van der Waals surface area contributed by atoms with Gasteiger partial charge in [-0.3, -0.25) is 4.79 Å². The number of rotatable bonds is 7. The van der Waals surface area contributed by atoms with E-state index in [-0.39, 0.29) is 12.5 Å². The van der Waals surface area contributed by atoms with E-state index in [0.29, 0.717) is 26.3 Å². The monoisotopic (exact) mass is 307 g/mol. The van der Waals surface area contributed by atoms with Gasteiger partial charge in [-0.1, -0.05) is 18.2 Å². The van der Waals surface area contributed by atoms with Crippen LogP contribution in [0.2, 0.25) is 0 Å². The molecule has 0 bridgehead atoms. The Morgan fingerprint density at radius 2 is 2.14 bits per heavy atom. The summed E-state index contributed by atoms with van der Waals surface area (Å²) in [5, 5.41) is 0. The van der Waals surface area contributed by atoms with Crippen molar-refractivity contribution in [3.8, 4) is 5.75 Å². The van der Waals surface area contributed by atoms with Gasteiger partial charge in [-0.25, -0.2) is 0 Å². The second kappa shape index (κ2) is 7.61. The Kier molecular flexibility index (Phi) is 5.80. The van der Waals surface area contributed by atoms with Crippen LogP contribution < -0.4 is 4.74 Å². The molecule has 5 nitrogen and oxygen atoms in total. The highest BCUT2D eigenvalue weighted by Crippen LogP contribution is 2.27. The van der Waals surface area contributed by atoms with Crippen molar-refractivity contribution in [1.29, 1.82) is 0 Å². The molecule has 1 atom stereocenters. The number of nitrogens with zero attached hydrogens (tertiary/aromatic N) is 1. The third-order valence-electron chi connectivity index (χ3n) is 4.12. The van der Waals surface area contributed by atoms with Crippen molar-refractivity contribution in [2.75, 3.05) is 40.0 Å². The van der Waals surface area contributed by atoms with Gasteiger partial charge in [0, 0.05) is 20.3 Å². The Hall–Kier alpha value is -1.59. The molecule has 0 aliphatic carbocycles. The van der Waals surface area contributed by atoms with Gasteiger partial charge in [-0.2, -0.15) is 0 Å². The molecule has 1 fully saturated rings. The Labute approximate surface area is 132 Å². The number of aryl methyl sites for hydroxylation is 1. The number of methoxy groups -OCH3 is 1. The van der Waals surface area contributed by atoms with Crippen LogP contribution in [0.15, 0.2) is 24.3 Å². The first-order valence-corrected chi connectivity index (χ1v) is 7.69. The molecule has 5 heteroatoms. The van der Waals surface area contributed by atoms with Crippen LogP contribution in [0.3, 0.4) is 0 Å². The van der Waals surface area contributed by atoms with Crippen LogP contribution in [0.25, 0.3) is 0 Å². The zero-order chi connectivity index (χ0) is 16.0. The summed E-state index contributed by atoms with van der Waals surface area (Å²) in [7, 11) is 1.68. The molecule has 0 aromatic heterocycles. The quantitative estimate of drug-likeness (QED) is 0.773. The number of para-hydroxylation sites is 1. The maximum Gasteiger partial charge on any atom is 0.248 e. The molecule has 2 rings (SSSR count). The number of benzene rings is 1. The Balaban J connectivity index is 1.93. The van der Waals surface area contributed by atoms with Crippen molar-refractivity contribution in [3.05, 3.63) is 29.8 Å². The molecule has 1 amide bonds. The lowest BCUT2D eigenvalue weighted by molar-refractivity contribution is -0.136. The van der Waals surface area contributed by atoms with E-state index in [4.69, 9.17) is 14.2 Å². The Bertz CT molecular complexity index is 505. The molecule has 0 saturated carbocycles. The molecule has 1 aromatic carbocycles. The average molecular weight is 307 g/mol. The molecule has 1 aromatic rings. The third-order valence-corrected chi connectivity index (χ3v) is 4.12. The molecule has 0 unspecified atom stereocenters. The summed E-state index contributed by atoms with van der Waals surface area (Å²) in [5.41, 5.74) is 0.653. The molecule has 0 N–H and O–H groups in total. The van der Waals surface area contributed by atoms with E-state index in [2.05, 4.69) is 0 Å². The van der Waals surface area contributed by atoms with Gasteiger partial charge in [0.15, 0.2) is 0 Å². The van der Waals surface area contributed by atoms with Gasteiger partial charge in [0.05, 0.1) is 6.54 Å². The van der Waals surface area contributed by atoms with Crippen LogP contribution in [-0.4, -0.2) is 56.4 Å². The van der Waals surface area contributed by atoms with Gasteiger partial charge < -0.3 is 19.1 Å². The van der Waals surface area contributed by atoms with Crippen LogP contribution >= 0.6 is 0 Å². The van der Waals surface area contributed by atoms with Crippen LogP contribution in [0.5, 0.6) is 5.75 Å². The normalized spacial score (nSPS) is 21.1. The summed E-state index contributed by atoms with van der Waals surface area (Å²) in [6, 6.07) is 7.90. The maximum atomic E-state index is 12.0. The lowest BCUT2D eigenvalue weighted by atomic mass is 10.0. The molecule has 1 aliphatic heterocycles. The van der Waals surface area contributed by atoms with Gasteiger partial charge in [-0.15, -0.1) is 0 Å². The average Bonchev–Trinajstić information content (AvgIpc) is 2.97. The van der Waals surface area contributed by atoms with E-state index in [9.17, 15) is 4.79 Å². The number of hydrogen-bond donors (Lipinski definition) is 0. The van der Waals surface area contributed by atoms with E-state index in [1.165, 1.54) is 0 Å². The van der Waals surface area contributed by atoms with Gasteiger partial charge in [-0.05, 0) is 31.9 Å².